The van der Waals surface area contributed by atoms with Crippen LogP contribution < -0.4 is 0 Å². The van der Waals surface area contributed by atoms with E-state index >= 15 is 0 Å². The molecule has 2 unspecified atom stereocenters. The van der Waals surface area contributed by atoms with E-state index in [2.05, 4.69) is 20.8 Å². The molecule has 1 rings (SSSR count). The van der Waals surface area contributed by atoms with Crippen LogP contribution in [0.15, 0.2) is 23.8 Å². The predicted molar refractivity (Wildman–Crippen MR) is 70.6 cm³/mol. The van der Waals surface area contributed by atoms with E-state index in [0.717, 1.165) is 11.9 Å². The van der Waals surface area contributed by atoms with Crippen molar-refractivity contribution >= 4 is 6.29 Å². The summed E-state index contributed by atoms with van der Waals surface area (Å²) in [6.45, 7) is 12.2. The average molecular weight is 236 g/mol. The smallest absolute Gasteiger partial charge is 0.130 e. The number of carbonyl (C=O) groups is 1. The number of allylic oxidation sites excluding steroid dienone is 2. The van der Waals surface area contributed by atoms with Crippen LogP contribution in [0, 0.1) is 16.7 Å². The van der Waals surface area contributed by atoms with Crippen LogP contribution in [0.25, 0.3) is 0 Å². The fourth-order valence-electron chi connectivity index (χ4n) is 2.07. The second kappa shape index (κ2) is 4.09. The molecule has 0 spiro atoms. The van der Waals surface area contributed by atoms with Crippen LogP contribution in [0.5, 0.6) is 0 Å². The van der Waals surface area contributed by atoms with Gasteiger partial charge in [0.1, 0.15) is 11.9 Å². The van der Waals surface area contributed by atoms with E-state index in [9.17, 15) is 9.90 Å². The number of rotatable bonds is 1. The maximum Gasteiger partial charge on any atom is 0.130 e. The van der Waals surface area contributed by atoms with Crippen molar-refractivity contribution in [1.29, 1.82) is 0 Å². The second-order valence-corrected chi connectivity index (χ2v) is 6.95. The Hall–Kier alpha value is -0.890. The van der Waals surface area contributed by atoms with Gasteiger partial charge in [-0.1, -0.05) is 53.7 Å². The second-order valence-electron chi connectivity index (χ2n) is 6.95. The van der Waals surface area contributed by atoms with Gasteiger partial charge in [-0.25, -0.2) is 0 Å². The Kier molecular flexibility index (Phi) is 3.41. The van der Waals surface area contributed by atoms with E-state index in [-0.39, 0.29) is 10.8 Å². The highest BCUT2D eigenvalue weighted by Gasteiger charge is 2.46. The van der Waals surface area contributed by atoms with Gasteiger partial charge >= 0.3 is 0 Å². The van der Waals surface area contributed by atoms with Crippen molar-refractivity contribution in [1.82, 2.24) is 0 Å². The van der Waals surface area contributed by atoms with Gasteiger partial charge in [0, 0.05) is 0 Å². The third-order valence-electron chi connectivity index (χ3n) is 3.58. The van der Waals surface area contributed by atoms with Crippen molar-refractivity contribution in [2.75, 3.05) is 0 Å². The van der Waals surface area contributed by atoms with Gasteiger partial charge in [-0.05, 0) is 22.5 Å². The molecule has 1 aliphatic carbocycles. The minimum absolute atomic E-state index is 0.0242. The summed E-state index contributed by atoms with van der Waals surface area (Å²) in [5.41, 5.74) is -0.428. The monoisotopic (exact) mass is 236 g/mol. The molecule has 17 heavy (non-hydrogen) atoms. The lowest BCUT2D eigenvalue weighted by Crippen LogP contribution is -2.49. The number of aliphatic hydroxyl groups is 1. The van der Waals surface area contributed by atoms with Crippen molar-refractivity contribution in [2.45, 2.75) is 47.1 Å². The zero-order valence-corrected chi connectivity index (χ0v) is 11.7. The quantitative estimate of drug-likeness (QED) is 0.710. The highest BCUT2D eigenvalue weighted by molar-refractivity contribution is 5.62. The topological polar surface area (TPSA) is 37.3 Å². The van der Waals surface area contributed by atoms with Crippen LogP contribution in [0.1, 0.15) is 41.5 Å². The Labute approximate surface area is 104 Å². The van der Waals surface area contributed by atoms with Crippen LogP contribution in [0.3, 0.4) is 0 Å². The number of hydrogen-bond donors (Lipinski definition) is 1. The van der Waals surface area contributed by atoms with Gasteiger partial charge < -0.3 is 9.90 Å². The molecule has 0 aliphatic heterocycles. The van der Waals surface area contributed by atoms with Gasteiger partial charge in [0.25, 0.3) is 0 Å². The molecule has 2 nitrogen and oxygen atoms in total. The molecule has 0 amide bonds. The number of aldehydes is 1. The first-order valence-electron chi connectivity index (χ1n) is 6.11. The van der Waals surface area contributed by atoms with Crippen molar-refractivity contribution in [3.63, 3.8) is 0 Å². The third kappa shape index (κ3) is 2.52. The molecule has 0 bridgehead atoms. The van der Waals surface area contributed by atoms with Gasteiger partial charge in [-0.3, -0.25) is 0 Å². The summed E-state index contributed by atoms with van der Waals surface area (Å²) in [7, 11) is 0. The maximum atomic E-state index is 11.1. The Balaban J connectivity index is 3.29. The summed E-state index contributed by atoms with van der Waals surface area (Å²) < 4.78 is 0. The summed E-state index contributed by atoms with van der Waals surface area (Å²) in [5.74, 6) is -0.464. The van der Waals surface area contributed by atoms with Crippen molar-refractivity contribution in [3.8, 4) is 0 Å². The average Bonchev–Trinajstić information content (AvgIpc) is 2.14. The van der Waals surface area contributed by atoms with Gasteiger partial charge in [-0.15, -0.1) is 0 Å². The highest BCUT2D eigenvalue weighted by Crippen LogP contribution is 2.43. The highest BCUT2D eigenvalue weighted by atomic mass is 16.3. The van der Waals surface area contributed by atoms with Gasteiger partial charge in [-0.2, -0.15) is 0 Å². The summed E-state index contributed by atoms with van der Waals surface area (Å²) in [5, 5.41) is 10.8. The van der Waals surface area contributed by atoms with E-state index in [0.29, 0.717) is 0 Å². The SMILES string of the molecule is CC(C)(C)C1=CC(O)(C(C)(C)C)C(C=O)C=C1. The molecule has 0 saturated heterocycles. The summed E-state index contributed by atoms with van der Waals surface area (Å²) in [4.78, 5) is 11.1. The lowest BCUT2D eigenvalue weighted by Gasteiger charge is -2.44. The first-order chi connectivity index (χ1) is 7.52. The van der Waals surface area contributed by atoms with E-state index in [1.54, 1.807) is 0 Å². The van der Waals surface area contributed by atoms with Crippen molar-refractivity contribution < 1.29 is 9.90 Å². The first kappa shape index (κ1) is 14.2. The van der Waals surface area contributed by atoms with Gasteiger partial charge in [0.2, 0.25) is 0 Å². The summed E-state index contributed by atoms with van der Waals surface area (Å²) in [6, 6.07) is 0. The zero-order chi connectivity index (χ0) is 13.5. The predicted octanol–water partition coefficient (Wildman–Crippen LogP) is 3.12. The summed E-state index contributed by atoms with van der Waals surface area (Å²) >= 11 is 0. The van der Waals surface area contributed by atoms with Crippen LogP contribution in [0.2, 0.25) is 0 Å². The molecule has 1 N–H and O–H groups in total. The number of hydrogen-bond acceptors (Lipinski definition) is 2. The van der Waals surface area contributed by atoms with Crippen molar-refractivity contribution in [2.24, 2.45) is 16.7 Å². The molecule has 0 radical (unpaired) electrons. The maximum absolute atomic E-state index is 11.1. The molecule has 0 fully saturated rings. The van der Waals surface area contributed by atoms with Gasteiger partial charge in [0.05, 0.1) is 5.92 Å². The molecule has 0 aromatic heterocycles. The standard InChI is InChI=1S/C15H24O2/c1-13(2,3)11-7-8-12(10-16)15(17,9-11)14(4,5)6/h7-10,12,17H,1-6H3. The van der Waals surface area contributed by atoms with E-state index in [4.69, 9.17) is 0 Å². The normalized spacial score (nSPS) is 30.1. The molecule has 0 aromatic rings. The Morgan fingerprint density at radius 2 is 1.76 bits per heavy atom. The largest absolute Gasteiger partial charge is 0.384 e. The first-order valence-corrected chi connectivity index (χ1v) is 6.11. The fourth-order valence-corrected chi connectivity index (χ4v) is 2.07. The lowest BCUT2D eigenvalue weighted by molar-refractivity contribution is -0.121. The zero-order valence-electron chi connectivity index (χ0n) is 11.7. The molecular formula is C15H24O2. The molecule has 2 atom stereocenters. The van der Waals surface area contributed by atoms with Crippen LogP contribution >= 0.6 is 0 Å². The minimum Gasteiger partial charge on any atom is -0.384 e. The third-order valence-corrected chi connectivity index (χ3v) is 3.58. The van der Waals surface area contributed by atoms with E-state index in [1.165, 1.54) is 0 Å². The molecule has 0 heterocycles. The Morgan fingerprint density at radius 1 is 1.24 bits per heavy atom. The minimum atomic E-state index is -1.11. The van der Waals surface area contributed by atoms with Crippen LogP contribution in [-0.2, 0) is 4.79 Å². The molecule has 0 aromatic carbocycles. The molecule has 0 saturated carbocycles. The summed E-state index contributed by atoms with van der Waals surface area (Å²) in [6.07, 6.45) is 6.47. The van der Waals surface area contributed by atoms with E-state index in [1.807, 2.05) is 39.0 Å². The van der Waals surface area contributed by atoms with Gasteiger partial charge in [0.15, 0.2) is 0 Å². The van der Waals surface area contributed by atoms with Crippen LogP contribution in [-0.4, -0.2) is 17.0 Å². The molecule has 96 valence electrons. The number of carbonyl (C=O) groups excluding carboxylic acids is 1. The van der Waals surface area contributed by atoms with Crippen LogP contribution in [0.4, 0.5) is 0 Å². The molecule has 1 aliphatic rings. The van der Waals surface area contributed by atoms with Crippen molar-refractivity contribution in [3.05, 3.63) is 23.8 Å². The molecule has 2 heteroatoms. The Bertz CT molecular complexity index is 363. The Morgan fingerprint density at radius 3 is 2.12 bits per heavy atom. The fraction of sp³-hybridized carbons (Fsp3) is 0.667. The lowest BCUT2D eigenvalue weighted by atomic mass is 9.64. The molecular weight excluding hydrogens is 212 g/mol. The van der Waals surface area contributed by atoms with E-state index < -0.39 is 11.5 Å².